The average molecular weight is 266 g/mol. The van der Waals surface area contributed by atoms with E-state index in [2.05, 4.69) is 10.2 Å². The highest BCUT2D eigenvalue weighted by Gasteiger charge is 2.30. The molecule has 2 saturated heterocycles. The monoisotopic (exact) mass is 266 g/mol. The van der Waals surface area contributed by atoms with Crippen molar-refractivity contribution in [1.29, 1.82) is 0 Å². The van der Waals surface area contributed by atoms with Gasteiger partial charge in [-0.25, -0.2) is 0 Å². The first-order valence-corrected chi connectivity index (χ1v) is 7.93. The normalized spacial score (nSPS) is 29.5. The van der Waals surface area contributed by atoms with Gasteiger partial charge in [0.15, 0.2) is 0 Å². The first-order chi connectivity index (χ1) is 9.33. The summed E-state index contributed by atoms with van der Waals surface area (Å²) >= 11 is 0. The maximum Gasteiger partial charge on any atom is 0.228 e. The molecule has 108 valence electrons. The zero-order chi connectivity index (χ0) is 13.1. The van der Waals surface area contributed by atoms with Gasteiger partial charge in [0.2, 0.25) is 5.91 Å². The maximum atomic E-state index is 12.4. The van der Waals surface area contributed by atoms with Gasteiger partial charge in [-0.3, -0.25) is 4.79 Å². The number of carbonyl (C=O) groups is 1. The van der Waals surface area contributed by atoms with E-state index in [9.17, 15) is 4.79 Å². The standard InChI is InChI=1S/C15H26N2O2/c18-15(13-2-1-9-19-11-13)17-7-5-14(6-8-17)16-10-12-3-4-12/h12-14,16H,1-11H2. The topological polar surface area (TPSA) is 41.6 Å². The van der Waals surface area contributed by atoms with Crippen molar-refractivity contribution in [3.8, 4) is 0 Å². The van der Waals surface area contributed by atoms with Gasteiger partial charge in [0.05, 0.1) is 12.5 Å². The number of carbonyl (C=O) groups excluding carboxylic acids is 1. The molecule has 4 heteroatoms. The van der Waals surface area contributed by atoms with Gasteiger partial charge in [-0.15, -0.1) is 0 Å². The first kappa shape index (κ1) is 13.4. The second kappa shape index (κ2) is 6.23. The van der Waals surface area contributed by atoms with Crippen LogP contribution >= 0.6 is 0 Å². The first-order valence-electron chi connectivity index (χ1n) is 7.93. The fraction of sp³-hybridized carbons (Fsp3) is 0.933. The van der Waals surface area contributed by atoms with E-state index >= 15 is 0 Å². The highest BCUT2D eigenvalue weighted by molar-refractivity contribution is 5.79. The predicted octanol–water partition coefficient (Wildman–Crippen LogP) is 1.40. The van der Waals surface area contributed by atoms with E-state index in [4.69, 9.17) is 4.74 Å². The predicted molar refractivity (Wildman–Crippen MR) is 73.9 cm³/mol. The molecule has 4 nitrogen and oxygen atoms in total. The summed E-state index contributed by atoms with van der Waals surface area (Å²) in [4.78, 5) is 14.4. The molecule has 0 spiro atoms. The van der Waals surface area contributed by atoms with Gasteiger partial charge < -0.3 is 15.0 Å². The summed E-state index contributed by atoms with van der Waals surface area (Å²) in [6.45, 7) is 4.51. The number of nitrogens with zero attached hydrogens (tertiary/aromatic N) is 1. The highest BCUT2D eigenvalue weighted by Crippen LogP contribution is 2.28. The Bertz CT molecular complexity index is 303. The summed E-state index contributed by atoms with van der Waals surface area (Å²) in [5, 5.41) is 3.66. The Kier molecular flexibility index (Phi) is 4.38. The molecule has 1 unspecified atom stereocenters. The van der Waals surface area contributed by atoms with E-state index in [1.165, 1.54) is 19.4 Å². The van der Waals surface area contributed by atoms with Gasteiger partial charge in [0.1, 0.15) is 0 Å². The SMILES string of the molecule is O=C(C1CCCOC1)N1CCC(NCC2CC2)CC1. The molecule has 1 amide bonds. The molecule has 19 heavy (non-hydrogen) atoms. The van der Waals surface area contributed by atoms with E-state index < -0.39 is 0 Å². The van der Waals surface area contributed by atoms with E-state index in [1.54, 1.807) is 0 Å². The van der Waals surface area contributed by atoms with Crippen molar-refractivity contribution in [1.82, 2.24) is 10.2 Å². The molecule has 0 radical (unpaired) electrons. The molecule has 0 aromatic heterocycles. The lowest BCUT2D eigenvalue weighted by molar-refractivity contribution is -0.140. The summed E-state index contributed by atoms with van der Waals surface area (Å²) in [5.41, 5.74) is 0. The molecule has 3 rings (SSSR count). The van der Waals surface area contributed by atoms with Gasteiger partial charge >= 0.3 is 0 Å². The van der Waals surface area contributed by atoms with Gasteiger partial charge in [-0.05, 0) is 51.0 Å². The van der Waals surface area contributed by atoms with Crippen molar-refractivity contribution in [2.24, 2.45) is 11.8 Å². The Hall–Kier alpha value is -0.610. The number of amides is 1. The molecule has 2 aliphatic heterocycles. The van der Waals surface area contributed by atoms with Crippen molar-refractivity contribution in [2.45, 2.75) is 44.6 Å². The van der Waals surface area contributed by atoms with Crippen molar-refractivity contribution in [2.75, 3.05) is 32.8 Å². The van der Waals surface area contributed by atoms with Crippen LogP contribution in [0.2, 0.25) is 0 Å². The highest BCUT2D eigenvalue weighted by atomic mass is 16.5. The molecule has 1 N–H and O–H groups in total. The van der Waals surface area contributed by atoms with E-state index in [-0.39, 0.29) is 5.92 Å². The van der Waals surface area contributed by atoms with Crippen LogP contribution in [-0.2, 0) is 9.53 Å². The van der Waals surface area contributed by atoms with Gasteiger partial charge in [0, 0.05) is 25.7 Å². The molecule has 2 heterocycles. The molecular formula is C15H26N2O2. The Labute approximate surface area is 115 Å². The second-order valence-corrected chi connectivity index (χ2v) is 6.37. The zero-order valence-corrected chi connectivity index (χ0v) is 11.8. The molecular weight excluding hydrogens is 240 g/mol. The Morgan fingerprint density at radius 1 is 1.16 bits per heavy atom. The summed E-state index contributed by atoms with van der Waals surface area (Å²) in [5.74, 6) is 1.41. The van der Waals surface area contributed by atoms with E-state index in [0.717, 1.165) is 51.3 Å². The fourth-order valence-electron chi connectivity index (χ4n) is 3.15. The number of rotatable bonds is 4. The van der Waals surface area contributed by atoms with Crippen LogP contribution in [0.3, 0.4) is 0 Å². The number of hydrogen-bond donors (Lipinski definition) is 1. The minimum absolute atomic E-state index is 0.129. The van der Waals surface area contributed by atoms with Crippen molar-refractivity contribution in [3.05, 3.63) is 0 Å². The number of nitrogens with one attached hydrogen (secondary N) is 1. The van der Waals surface area contributed by atoms with Crippen LogP contribution in [0.4, 0.5) is 0 Å². The molecule has 0 bridgehead atoms. The van der Waals surface area contributed by atoms with Crippen LogP contribution in [-0.4, -0.2) is 49.7 Å². The molecule has 0 aromatic carbocycles. The lowest BCUT2D eigenvalue weighted by Gasteiger charge is -2.35. The third-order valence-electron chi connectivity index (χ3n) is 4.71. The van der Waals surface area contributed by atoms with Crippen LogP contribution in [0.5, 0.6) is 0 Å². The minimum atomic E-state index is 0.129. The zero-order valence-electron chi connectivity index (χ0n) is 11.8. The van der Waals surface area contributed by atoms with Crippen molar-refractivity contribution < 1.29 is 9.53 Å². The summed E-state index contributed by atoms with van der Waals surface area (Å²) in [6, 6.07) is 0.632. The third-order valence-corrected chi connectivity index (χ3v) is 4.71. The van der Waals surface area contributed by atoms with Gasteiger partial charge in [-0.1, -0.05) is 0 Å². The molecule has 3 aliphatic rings. The van der Waals surface area contributed by atoms with Crippen LogP contribution in [0.15, 0.2) is 0 Å². The summed E-state index contributed by atoms with van der Waals surface area (Å²) in [6.07, 6.45) is 7.10. The Balaban J connectivity index is 1.39. The lowest BCUT2D eigenvalue weighted by Crippen LogP contribution is -2.48. The number of ether oxygens (including phenoxy) is 1. The van der Waals surface area contributed by atoms with Gasteiger partial charge in [0.25, 0.3) is 0 Å². The smallest absolute Gasteiger partial charge is 0.228 e. The molecule has 0 aromatic rings. The van der Waals surface area contributed by atoms with Gasteiger partial charge in [-0.2, -0.15) is 0 Å². The fourth-order valence-corrected chi connectivity index (χ4v) is 3.15. The lowest BCUT2D eigenvalue weighted by atomic mass is 9.98. The summed E-state index contributed by atoms with van der Waals surface area (Å²) in [7, 11) is 0. The molecule has 1 saturated carbocycles. The Morgan fingerprint density at radius 2 is 1.95 bits per heavy atom. The maximum absolute atomic E-state index is 12.4. The molecule has 1 aliphatic carbocycles. The number of piperidine rings is 1. The average Bonchev–Trinajstić information content (AvgIpc) is 3.30. The number of likely N-dealkylation sites (tertiary alicyclic amines) is 1. The summed E-state index contributed by atoms with van der Waals surface area (Å²) < 4.78 is 5.43. The van der Waals surface area contributed by atoms with Crippen molar-refractivity contribution >= 4 is 5.91 Å². The van der Waals surface area contributed by atoms with Crippen LogP contribution in [0, 0.1) is 11.8 Å². The number of hydrogen-bond acceptors (Lipinski definition) is 3. The van der Waals surface area contributed by atoms with Crippen LogP contribution in [0.25, 0.3) is 0 Å². The van der Waals surface area contributed by atoms with Crippen LogP contribution in [0.1, 0.15) is 38.5 Å². The molecule has 1 atom stereocenters. The quantitative estimate of drug-likeness (QED) is 0.836. The van der Waals surface area contributed by atoms with E-state index in [0.29, 0.717) is 18.6 Å². The largest absolute Gasteiger partial charge is 0.381 e. The van der Waals surface area contributed by atoms with Crippen molar-refractivity contribution in [3.63, 3.8) is 0 Å². The molecule has 3 fully saturated rings. The third kappa shape index (κ3) is 3.69. The Morgan fingerprint density at radius 3 is 2.58 bits per heavy atom. The van der Waals surface area contributed by atoms with Crippen LogP contribution < -0.4 is 5.32 Å². The minimum Gasteiger partial charge on any atom is -0.381 e. The van der Waals surface area contributed by atoms with E-state index in [1.807, 2.05) is 0 Å². The second-order valence-electron chi connectivity index (χ2n) is 6.37.